The van der Waals surface area contributed by atoms with E-state index >= 15 is 0 Å². The van der Waals surface area contributed by atoms with Crippen LogP contribution in [0.15, 0.2) is 47.4 Å². The first kappa shape index (κ1) is 13.9. The van der Waals surface area contributed by atoms with Gasteiger partial charge < -0.3 is 0 Å². The van der Waals surface area contributed by atoms with E-state index in [1.807, 2.05) is 28.8 Å². The van der Waals surface area contributed by atoms with Crippen LogP contribution in [-0.2, 0) is 16.6 Å². The van der Waals surface area contributed by atoms with Gasteiger partial charge in [0.2, 0.25) is 5.91 Å². The van der Waals surface area contributed by atoms with Gasteiger partial charge in [-0.1, -0.05) is 61.5 Å². The number of nitrogens with zero attached hydrogens (tertiary/aromatic N) is 1. The van der Waals surface area contributed by atoms with Gasteiger partial charge in [0.05, 0.1) is 17.5 Å². The molecule has 0 fully saturated rings. The predicted octanol–water partition coefficient (Wildman–Crippen LogP) is 4.29. The fourth-order valence-electron chi connectivity index (χ4n) is 3.62. The van der Waals surface area contributed by atoms with Crippen molar-refractivity contribution in [2.75, 3.05) is 4.90 Å². The number of amides is 1. The largest absolute Gasteiger partial charge is 0.297 e. The average molecular weight is 309 g/mol. The van der Waals surface area contributed by atoms with E-state index in [1.165, 1.54) is 21.6 Å². The third-order valence-corrected chi connectivity index (χ3v) is 6.41. The second-order valence-electron chi connectivity index (χ2n) is 6.76. The highest BCUT2D eigenvalue weighted by Crippen LogP contribution is 2.52. The zero-order valence-corrected chi connectivity index (χ0v) is 13.9. The molecule has 2 heterocycles. The molecule has 1 unspecified atom stereocenters. The third kappa shape index (κ3) is 1.85. The molecule has 2 aromatic rings. The number of benzene rings is 2. The molecule has 2 aromatic carbocycles. The Morgan fingerprint density at radius 2 is 1.95 bits per heavy atom. The predicted molar refractivity (Wildman–Crippen MR) is 91.5 cm³/mol. The summed E-state index contributed by atoms with van der Waals surface area (Å²) in [5, 5.41) is 0.125. The highest BCUT2D eigenvalue weighted by Gasteiger charge is 2.47. The van der Waals surface area contributed by atoms with Gasteiger partial charge in [-0.25, -0.2) is 0 Å². The lowest BCUT2D eigenvalue weighted by atomic mass is 9.80. The van der Waals surface area contributed by atoms with E-state index in [-0.39, 0.29) is 16.7 Å². The molecule has 112 valence electrons. The van der Waals surface area contributed by atoms with Gasteiger partial charge in [-0.15, -0.1) is 0 Å². The first-order chi connectivity index (χ1) is 10.5. The van der Waals surface area contributed by atoms with Gasteiger partial charge in [-0.2, -0.15) is 0 Å². The standard InChI is InChI=1S/C19H19NOS/c1-12-8-9-13-11-17(21)20-15-6-4-5-7-16(15)22-18(20)19(2,3)14(13)10-12/h4-10,18H,11H2,1-3H3. The fourth-order valence-corrected chi connectivity index (χ4v) is 5.06. The molecular formula is C19H19NOS. The number of aryl methyl sites for hydroxylation is 1. The monoisotopic (exact) mass is 309 g/mol. The Labute approximate surface area is 135 Å². The topological polar surface area (TPSA) is 20.3 Å². The SMILES string of the molecule is Cc1ccc2c(c1)C(C)(C)C1Sc3ccccc3N1C(=O)C2. The van der Waals surface area contributed by atoms with Crippen LogP contribution in [0, 0.1) is 6.92 Å². The Morgan fingerprint density at radius 1 is 1.18 bits per heavy atom. The van der Waals surface area contributed by atoms with Crippen LogP contribution in [0.2, 0.25) is 0 Å². The maximum Gasteiger partial charge on any atom is 0.232 e. The Balaban J connectivity index is 1.92. The van der Waals surface area contributed by atoms with Gasteiger partial charge in [-0.3, -0.25) is 9.69 Å². The van der Waals surface area contributed by atoms with E-state index < -0.39 is 0 Å². The highest BCUT2D eigenvalue weighted by molar-refractivity contribution is 8.00. The van der Waals surface area contributed by atoms with Crippen molar-refractivity contribution in [1.82, 2.24) is 0 Å². The lowest BCUT2D eigenvalue weighted by Crippen LogP contribution is -2.44. The van der Waals surface area contributed by atoms with Crippen LogP contribution in [0.4, 0.5) is 5.69 Å². The molecule has 0 spiro atoms. The van der Waals surface area contributed by atoms with Crippen LogP contribution in [0.1, 0.15) is 30.5 Å². The number of carbonyl (C=O) groups is 1. The van der Waals surface area contributed by atoms with Gasteiger partial charge in [0.1, 0.15) is 0 Å². The zero-order chi connectivity index (χ0) is 15.5. The summed E-state index contributed by atoms with van der Waals surface area (Å²) in [5.41, 5.74) is 4.73. The van der Waals surface area contributed by atoms with E-state index in [1.54, 1.807) is 0 Å². The summed E-state index contributed by atoms with van der Waals surface area (Å²) in [6, 6.07) is 14.8. The molecule has 0 N–H and O–H groups in total. The Hall–Kier alpha value is -1.74. The van der Waals surface area contributed by atoms with Crippen LogP contribution in [0.3, 0.4) is 0 Å². The van der Waals surface area contributed by atoms with Crippen LogP contribution < -0.4 is 4.90 Å². The number of fused-ring (bicyclic) bond motifs is 4. The van der Waals surface area contributed by atoms with Crippen molar-refractivity contribution >= 4 is 23.4 Å². The van der Waals surface area contributed by atoms with Crippen molar-refractivity contribution in [3.8, 4) is 0 Å². The number of hydrogen-bond donors (Lipinski definition) is 0. The van der Waals surface area contributed by atoms with Gasteiger partial charge in [0.15, 0.2) is 0 Å². The first-order valence-electron chi connectivity index (χ1n) is 7.66. The molecule has 0 aromatic heterocycles. The normalized spacial score (nSPS) is 21.9. The molecule has 0 radical (unpaired) electrons. The molecule has 0 bridgehead atoms. The van der Waals surface area contributed by atoms with Crippen molar-refractivity contribution in [3.05, 3.63) is 59.2 Å². The summed E-state index contributed by atoms with van der Waals surface area (Å²) in [6.07, 6.45) is 0.491. The molecule has 3 heteroatoms. The molecule has 0 saturated heterocycles. The lowest BCUT2D eigenvalue weighted by Gasteiger charge is -2.35. The maximum atomic E-state index is 12.9. The van der Waals surface area contributed by atoms with Crippen LogP contribution in [0.5, 0.6) is 0 Å². The van der Waals surface area contributed by atoms with Gasteiger partial charge >= 0.3 is 0 Å². The second-order valence-corrected chi connectivity index (χ2v) is 7.88. The molecule has 4 rings (SSSR count). The highest BCUT2D eigenvalue weighted by atomic mass is 32.2. The number of anilines is 1. The summed E-state index contributed by atoms with van der Waals surface area (Å²) >= 11 is 1.82. The molecule has 2 aliphatic heterocycles. The van der Waals surface area contributed by atoms with Crippen LogP contribution in [-0.4, -0.2) is 11.3 Å². The molecule has 0 aliphatic carbocycles. The average Bonchev–Trinajstić information content (AvgIpc) is 2.86. The molecule has 1 amide bonds. The minimum Gasteiger partial charge on any atom is -0.297 e. The second kappa shape index (κ2) is 4.63. The fraction of sp³-hybridized carbons (Fsp3) is 0.316. The van der Waals surface area contributed by atoms with Crippen molar-refractivity contribution in [3.63, 3.8) is 0 Å². The van der Waals surface area contributed by atoms with Gasteiger partial charge in [0, 0.05) is 10.3 Å². The third-order valence-electron chi connectivity index (χ3n) is 4.79. The Kier molecular flexibility index (Phi) is 2.92. The first-order valence-corrected chi connectivity index (χ1v) is 8.54. The van der Waals surface area contributed by atoms with Gasteiger partial charge in [-0.05, 0) is 30.2 Å². The van der Waals surface area contributed by atoms with Crippen molar-refractivity contribution < 1.29 is 4.79 Å². The van der Waals surface area contributed by atoms with Gasteiger partial charge in [0.25, 0.3) is 0 Å². The van der Waals surface area contributed by atoms with E-state index in [2.05, 4.69) is 51.1 Å². The lowest BCUT2D eigenvalue weighted by molar-refractivity contribution is -0.118. The summed E-state index contributed by atoms with van der Waals surface area (Å²) in [5.74, 6) is 0.207. The number of rotatable bonds is 0. The number of thioether (sulfide) groups is 1. The van der Waals surface area contributed by atoms with Crippen LogP contribution in [0.25, 0.3) is 0 Å². The van der Waals surface area contributed by atoms with E-state index in [0.717, 1.165) is 5.69 Å². The van der Waals surface area contributed by atoms with Crippen LogP contribution >= 0.6 is 11.8 Å². The Bertz CT molecular complexity index is 781. The van der Waals surface area contributed by atoms with E-state index in [4.69, 9.17) is 0 Å². The van der Waals surface area contributed by atoms with Crippen molar-refractivity contribution in [2.45, 2.75) is 42.9 Å². The van der Waals surface area contributed by atoms with E-state index in [9.17, 15) is 4.79 Å². The summed E-state index contributed by atoms with van der Waals surface area (Å²) in [4.78, 5) is 16.1. The molecular weight excluding hydrogens is 290 g/mol. The molecule has 2 aliphatic rings. The molecule has 2 nitrogen and oxygen atoms in total. The zero-order valence-electron chi connectivity index (χ0n) is 13.1. The summed E-state index contributed by atoms with van der Waals surface area (Å²) < 4.78 is 0. The molecule has 0 saturated carbocycles. The Morgan fingerprint density at radius 3 is 2.77 bits per heavy atom. The number of hydrogen-bond acceptors (Lipinski definition) is 2. The number of para-hydroxylation sites is 1. The minimum atomic E-state index is -0.0861. The maximum absolute atomic E-state index is 12.9. The molecule has 1 atom stereocenters. The van der Waals surface area contributed by atoms with Crippen molar-refractivity contribution in [1.29, 1.82) is 0 Å². The smallest absolute Gasteiger partial charge is 0.232 e. The quantitative estimate of drug-likeness (QED) is 0.723. The van der Waals surface area contributed by atoms with Crippen molar-refractivity contribution in [2.24, 2.45) is 0 Å². The minimum absolute atomic E-state index is 0.0861. The van der Waals surface area contributed by atoms with E-state index in [0.29, 0.717) is 6.42 Å². The number of carbonyl (C=O) groups excluding carboxylic acids is 1. The summed E-state index contributed by atoms with van der Waals surface area (Å²) in [7, 11) is 0. The molecule has 22 heavy (non-hydrogen) atoms. The summed E-state index contributed by atoms with van der Waals surface area (Å²) in [6.45, 7) is 6.65.